The smallest absolute Gasteiger partial charge is 0.270 e. The van der Waals surface area contributed by atoms with Crippen molar-refractivity contribution in [2.75, 3.05) is 0 Å². The summed E-state index contributed by atoms with van der Waals surface area (Å²) in [5.41, 5.74) is 5.93. The zero-order valence-corrected chi connectivity index (χ0v) is 13.5. The van der Waals surface area contributed by atoms with Gasteiger partial charge >= 0.3 is 0 Å². The topological polar surface area (TPSA) is 102 Å². The summed E-state index contributed by atoms with van der Waals surface area (Å²) < 4.78 is 0. The number of aromatic nitrogens is 1. The van der Waals surface area contributed by atoms with Gasteiger partial charge in [0.05, 0.1) is 18.0 Å². The number of pyridine rings is 1. The van der Waals surface area contributed by atoms with E-state index in [-0.39, 0.29) is 17.9 Å². The summed E-state index contributed by atoms with van der Waals surface area (Å²) in [7, 11) is 0. The summed E-state index contributed by atoms with van der Waals surface area (Å²) in [4.78, 5) is 38.7. The summed E-state index contributed by atoms with van der Waals surface area (Å²) in [5.74, 6) is -1.49. The zero-order valence-electron chi connectivity index (χ0n) is 13.5. The molecule has 1 aromatic heterocycles. The van der Waals surface area contributed by atoms with Crippen LogP contribution in [0.15, 0.2) is 36.4 Å². The Morgan fingerprint density at radius 2 is 1.78 bits per heavy atom. The molecule has 6 heteroatoms. The van der Waals surface area contributed by atoms with Crippen LogP contribution in [-0.4, -0.2) is 28.6 Å². The molecule has 1 heterocycles. The number of rotatable bonds is 5. The molecule has 0 saturated carbocycles. The molecule has 1 unspecified atom stereocenters. The van der Waals surface area contributed by atoms with Gasteiger partial charge in [0, 0.05) is 5.39 Å². The second-order valence-corrected chi connectivity index (χ2v) is 4.70. The number of carbonyl (C=O) groups excluding carboxylic acids is 3. The Bertz CT molecular complexity index is 713. The van der Waals surface area contributed by atoms with Crippen molar-refractivity contribution < 1.29 is 14.4 Å². The fourth-order valence-corrected chi connectivity index (χ4v) is 1.92. The Morgan fingerprint density at radius 3 is 2.39 bits per heavy atom. The lowest BCUT2D eigenvalue weighted by Gasteiger charge is -2.14. The summed E-state index contributed by atoms with van der Waals surface area (Å²) >= 11 is 0. The Balaban J connectivity index is 0.00000127. The molecule has 0 aliphatic carbocycles. The van der Waals surface area contributed by atoms with Crippen molar-refractivity contribution >= 4 is 28.5 Å². The van der Waals surface area contributed by atoms with Crippen molar-refractivity contribution in [3.63, 3.8) is 0 Å². The van der Waals surface area contributed by atoms with Gasteiger partial charge in [-0.2, -0.15) is 0 Å². The minimum atomic E-state index is -0.928. The van der Waals surface area contributed by atoms with Crippen LogP contribution in [0.4, 0.5) is 0 Å². The van der Waals surface area contributed by atoms with Gasteiger partial charge in [0.15, 0.2) is 5.78 Å². The first-order chi connectivity index (χ1) is 11.0. The molecule has 0 fully saturated rings. The maximum absolute atomic E-state index is 12.1. The number of nitrogens with one attached hydrogen (secondary N) is 1. The average molecular weight is 315 g/mol. The first-order valence-corrected chi connectivity index (χ1v) is 7.43. The van der Waals surface area contributed by atoms with Gasteiger partial charge in [-0.15, -0.1) is 0 Å². The lowest BCUT2D eigenvalue weighted by atomic mass is 10.1. The molecule has 0 spiro atoms. The summed E-state index contributed by atoms with van der Waals surface area (Å²) in [5, 5.41) is 3.39. The molecule has 1 atom stereocenters. The van der Waals surface area contributed by atoms with Gasteiger partial charge in [-0.1, -0.05) is 38.1 Å². The highest BCUT2D eigenvalue weighted by Gasteiger charge is 2.20. The van der Waals surface area contributed by atoms with Crippen molar-refractivity contribution in [2.45, 2.75) is 33.2 Å². The number of fused-ring (bicyclic) bond motifs is 1. The minimum Gasteiger partial charge on any atom is -0.370 e. The number of amides is 2. The van der Waals surface area contributed by atoms with Crippen LogP contribution in [0, 0.1) is 0 Å². The van der Waals surface area contributed by atoms with Gasteiger partial charge in [0.2, 0.25) is 5.91 Å². The Morgan fingerprint density at radius 1 is 1.13 bits per heavy atom. The number of nitrogens with zero attached hydrogens (tertiary/aromatic N) is 1. The van der Waals surface area contributed by atoms with E-state index in [0.29, 0.717) is 5.52 Å². The number of hydrogen-bond donors (Lipinski definition) is 2. The fraction of sp³-hybridized carbons (Fsp3) is 0.294. The minimum absolute atomic E-state index is 0.185. The van der Waals surface area contributed by atoms with Gasteiger partial charge in [0.25, 0.3) is 5.91 Å². The fourth-order valence-electron chi connectivity index (χ4n) is 1.92. The van der Waals surface area contributed by atoms with Crippen molar-refractivity contribution in [1.82, 2.24) is 10.3 Å². The van der Waals surface area contributed by atoms with Crippen LogP contribution in [0.25, 0.3) is 10.9 Å². The van der Waals surface area contributed by atoms with Crippen LogP contribution in [0.3, 0.4) is 0 Å². The van der Waals surface area contributed by atoms with Crippen LogP contribution in [-0.2, 0) is 9.59 Å². The van der Waals surface area contributed by atoms with Crippen molar-refractivity contribution in [3.05, 3.63) is 42.1 Å². The Hall–Kier alpha value is -2.76. The molecule has 0 aliphatic rings. The number of benzene rings is 1. The van der Waals surface area contributed by atoms with E-state index in [1.165, 1.54) is 6.92 Å². The van der Waals surface area contributed by atoms with E-state index in [4.69, 9.17) is 5.73 Å². The molecule has 2 amide bonds. The number of hydrogen-bond acceptors (Lipinski definition) is 4. The number of para-hydroxylation sites is 1. The largest absolute Gasteiger partial charge is 0.370 e. The number of Topliss-reactive ketones (excluding diaryl/α,β-unsaturated/α-hetero) is 1. The van der Waals surface area contributed by atoms with E-state index < -0.39 is 17.9 Å². The van der Waals surface area contributed by atoms with E-state index in [2.05, 4.69) is 10.3 Å². The number of primary amides is 1. The molecule has 1 aromatic carbocycles. The van der Waals surface area contributed by atoms with Crippen LogP contribution >= 0.6 is 0 Å². The molecule has 6 nitrogen and oxygen atoms in total. The average Bonchev–Trinajstić information content (AvgIpc) is 2.55. The molecule has 3 N–H and O–H groups in total. The third-order valence-corrected chi connectivity index (χ3v) is 3.03. The van der Waals surface area contributed by atoms with Crippen molar-refractivity contribution in [2.24, 2.45) is 5.73 Å². The van der Waals surface area contributed by atoms with E-state index >= 15 is 0 Å². The predicted molar refractivity (Wildman–Crippen MR) is 88.8 cm³/mol. The maximum Gasteiger partial charge on any atom is 0.270 e. The maximum atomic E-state index is 12.1. The predicted octanol–water partition coefficient (Wildman–Crippen LogP) is 1.82. The van der Waals surface area contributed by atoms with E-state index in [1.54, 1.807) is 18.2 Å². The molecule has 0 bridgehead atoms. The van der Waals surface area contributed by atoms with Crippen molar-refractivity contribution in [1.29, 1.82) is 0 Å². The van der Waals surface area contributed by atoms with Gasteiger partial charge in [-0.25, -0.2) is 4.98 Å². The van der Waals surface area contributed by atoms with E-state index in [9.17, 15) is 14.4 Å². The lowest BCUT2D eigenvalue weighted by molar-refractivity contribution is -0.124. The van der Waals surface area contributed by atoms with Crippen LogP contribution in [0.2, 0.25) is 0 Å². The number of carbonyl (C=O) groups is 3. The highest BCUT2D eigenvalue weighted by molar-refractivity contribution is 5.98. The van der Waals surface area contributed by atoms with Gasteiger partial charge < -0.3 is 11.1 Å². The molecule has 0 aliphatic heterocycles. The highest BCUT2D eigenvalue weighted by atomic mass is 16.2. The third kappa shape index (κ3) is 5.18. The molecular formula is C17H21N3O3. The number of ketones is 1. The number of nitrogens with two attached hydrogens (primary N) is 1. The van der Waals surface area contributed by atoms with Crippen LogP contribution < -0.4 is 11.1 Å². The molecule has 0 saturated heterocycles. The molecule has 122 valence electrons. The molecule has 23 heavy (non-hydrogen) atoms. The summed E-state index contributed by atoms with van der Waals surface area (Å²) in [6, 6.07) is 9.79. The SMILES string of the molecule is CC.CC(=O)C(CC(N)=O)NC(=O)c1ccc2ccccc2n1. The molecule has 2 rings (SSSR count). The zero-order chi connectivity index (χ0) is 17.4. The van der Waals surface area contributed by atoms with Gasteiger partial charge in [-0.05, 0) is 19.1 Å². The van der Waals surface area contributed by atoms with Crippen molar-refractivity contribution in [3.8, 4) is 0 Å². The quantitative estimate of drug-likeness (QED) is 0.878. The lowest BCUT2D eigenvalue weighted by Crippen LogP contribution is -2.42. The Kier molecular flexibility index (Phi) is 6.86. The first-order valence-electron chi connectivity index (χ1n) is 7.43. The van der Waals surface area contributed by atoms with Crippen LogP contribution in [0.1, 0.15) is 37.7 Å². The molecule has 0 radical (unpaired) electrons. The second-order valence-electron chi connectivity index (χ2n) is 4.70. The molecule has 2 aromatic rings. The van der Waals surface area contributed by atoms with E-state index in [1.807, 2.05) is 32.0 Å². The molecular weight excluding hydrogens is 294 g/mol. The Labute approximate surface area is 135 Å². The van der Waals surface area contributed by atoms with E-state index in [0.717, 1.165) is 5.39 Å². The van der Waals surface area contributed by atoms with Gasteiger partial charge in [-0.3, -0.25) is 14.4 Å². The third-order valence-electron chi connectivity index (χ3n) is 3.03. The summed E-state index contributed by atoms with van der Waals surface area (Å²) in [6.07, 6.45) is -0.228. The summed E-state index contributed by atoms with van der Waals surface area (Å²) in [6.45, 7) is 5.29. The standard InChI is InChI=1S/C15H15N3O3.C2H6/c1-9(19)13(8-14(16)20)18-15(21)12-7-6-10-4-2-3-5-11(10)17-12;1-2/h2-7,13H,8H2,1H3,(H2,16,20)(H,18,21);1-2H3. The monoisotopic (exact) mass is 315 g/mol. The second kappa shape index (κ2) is 8.63. The van der Waals surface area contributed by atoms with Crippen LogP contribution in [0.5, 0.6) is 0 Å². The van der Waals surface area contributed by atoms with Gasteiger partial charge in [0.1, 0.15) is 5.69 Å². The normalized spacial score (nSPS) is 11.1. The highest BCUT2D eigenvalue weighted by Crippen LogP contribution is 2.12. The first kappa shape index (κ1) is 18.3.